The number of hydrogen-bond acceptors (Lipinski definition) is 0. The van der Waals surface area contributed by atoms with Gasteiger partial charge >= 0.3 is 28.4 Å². The summed E-state index contributed by atoms with van der Waals surface area (Å²) in [6.45, 7) is 22.1. The van der Waals surface area contributed by atoms with Gasteiger partial charge in [-0.25, -0.2) is 6.08 Å². The molecular formula is C44H54Cl2Zr-4. The minimum Gasteiger partial charge on any atom is -0.179 e. The van der Waals surface area contributed by atoms with E-state index in [1.807, 2.05) is 30.3 Å². The first-order chi connectivity index (χ1) is 21.2. The molecule has 0 saturated carbocycles. The summed E-state index contributed by atoms with van der Waals surface area (Å²) in [7, 11) is 0. The summed E-state index contributed by atoms with van der Waals surface area (Å²) in [6, 6.07) is 40.4. The fourth-order valence-electron chi connectivity index (χ4n) is 4.82. The first-order valence-electron chi connectivity index (χ1n) is 15.8. The average Bonchev–Trinajstić information content (AvgIpc) is 3.63. The van der Waals surface area contributed by atoms with Crippen LogP contribution in [0.1, 0.15) is 91.5 Å². The van der Waals surface area contributed by atoms with Crippen molar-refractivity contribution < 1.29 is 24.2 Å². The second-order valence-corrected chi connectivity index (χ2v) is 14.4. The van der Waals surface area contributed by atoms with Gasteiger partial charge in [0, 0.05) is 0 Å². The molecular weight excluding hydrogens is 691 g/mol. The molecule has 0 spiro atoms. The summed E-state index contributed by atoms with van der Waals surface area (Å²) in [5, 5.41) is 0. The van der Waals surface area contributed by atoms with E-state index < -0.39 is 0 Å². The van der Waals surface area contributed by atoms with Crippen LogP contribution < -0.4 is 0 Å². The van der Waals surface area contributed by atoms with Gasteiger partial charge in [0.05, 0.1) is 0 Å². The van der Waals surface area contributed by atoms with Crippen molar-refractivity contribution in [2.75, 3.05) is 0 Å². The predicted octanol–water partition coefficient (Wildman–Crippen LogP) is 12.4. The van der Waals surface area contributed by atoms with E-state index in [0.29, 0.717) is 11.3 Å². The Labute approximate surface area is 315 Å². The number of fused-ring (bicyclic) bond motifs is 3. The molecule has 4 aromatic rings. The van der Waals surface area contributed by atoms with E-state index in [1.54, 1.807) is 0 Å². The minimum atomic E-state index is 0. The van der Waals surface area contributed by atoms with Crippen LogP contribution in [0.3, 0.4) is 0 Å². The van der Waals surface area contributed by atoms with Crippen LogP contribution in [0.25, 0.3) is 11.1 Å². The summed E-state index contributed by atoms with van der Waals surface area (Å²) in [5.41, 5.74) is 10.5. The van der Waals surface area contributed by atoms with Crippen molar-refractivity contribution in [3.05, 3.63) is 155 Å². The van der Waals surface area contributed by atoms with E-state index >= 15 is 0 Å². The van der Waals surface area contributed by atoms with Crippen molar-refractivity contribution in [1.82, 2.24) is 0 Å². The maximum atomic E-state index is 3.34. The molecule has 1 unspecified atom stereocenters. The molecule has 0 aliphatic heterocycles. The zero-order chi connectivity index (χ0) is 33.7. The fourth-order valence-corrected chi connectivity index (χ4v) is 4.82. The summed E-state index contributed by atoms with van der Waals surface area (Å²) < 4.78 is 3.34. The zero-order valence-corrected chi connectivity index (χ0v) is 34.2. The van der Waals surface area contributed by atoms with Gasteiger partial charge in [-0.2, -0.15) is 113 Å². The zero-order valence-electron chi connectivity index (χ0n) is 30.1. The quantitative estimate of drug-likeness (QED) is 0.139. The molecule has 0 saturated heterocycles. The Morgan fingerprint density at radius 3 is 1.47 bits per heavy atom. The van der Waals surface area contributed by atoms with Gasteiger partial charge in [0.1, 0.15) is 0 Å². The Morgan fingerprint density at radius 1 is 0.617 bits per heavy atom. The average molecular weight is 745 g/mol. The molecule has 0 fully saturated rings. The van der Waals surface area contributed by atoms with E-state index in [0.717, 1.165) is 6.42 Å². The standard InChI is InChI=1S/C13H9.C10H15.2C10H13.CH2.2ClH.Zr/c1-3-7-12-10(5-1)9-11-6-2-4-8-13(11)12;1-8-5-6-9(7-8)10(2,3)4;2*1-10(2,3)9-7-5-4-6-8-9;;;;/h1-5,7-8H,9H2;6-8H,1-4H3;2*5-8H,1-3H3;1H2;2*1H;/q4*-1;;;;. The van der Waals surface area contributed by atoms with E-state index in [9.17, 15) is 0 Å². The molecule has 0 radical (unpaired) electrons. The molecule has 0 aromatic heterocycles. The molecule has 2 aliphatic rings. The van der Waals surface area contributed by atoms with Gasteiger partial charge in [-0.3, -0.25) is 6.08 Å². The first kappa shape index (κ1) is 44.7. The normalized spacial score (nSPS) is 13.7. The minimum absolute atomic E-state index is 0. The Kier molecular flexibility index (Phi) is 19.9. The number of allylic oxidation sites excluding steroid dienone is 4. The van der Waals surface area contributed by atoms with Crippen molar-refractivity contribution >= 4 is 29.0 Å². The summed E-state index contributed by atoms with van der Waals surface area (Å²) in [6.07, 6.45) is 8.70. The van der Waals surface area contributed by atoms with Gasteiger partial charge in [-0.05, 0) is 17.3 Å². The van der Waals surface area contributed by atoms with Gasteiger partial charge < -0.3 is 0 Å². The van der Waals surface area contributed by atoms with Crippen molar-refractivity contribution in [3.63, 3.8) is 0 Å². The molecule has 0 heterocycles. The maximum Gasteiger partial charge on any atom is -0.0253 e. The van der Waals surface area contributed by atoms with Crippen molar-refractivity contribution in [3.8, 4) is 11.1 Å². The largest absolute Gasteiger partial charge is 0.179 e. The van der Waals surface area contributed by atoms with E-state index in [2.05, 4.69) is 171 Å². The van der Waals surface area contributed by atoms with Crippen LogP contribution in [0.5, 0.6) is 0 Å². The van der Waals surface area contributed by atoms with E-state index in [1.165, 1.54) is 63.2 Å². The van der Waals surface area contributed by atoms with Crippen molar-refractivity contribution in [2.45, 2.75) is 86.5 Å². The van der Waals surface area contributed by atoms with E-state index in [4.69, 9.17) is 0 Å². The van der Waals surface area contributed by atoms with Gasteiger partial charge in [-0.15, -0.1) is 30.4 Å². The third-order valence-electron chi connectivity index (χ3n) is 7.58. The fraction of sp³-hybridized carbons (Fsp3) is 0.341. The molecule has 6 rings (SSSR count). The van der Waals surface area contributed by atoms with Crippen LogP contribution in [0.2, 0.25) is 0 Å². The topological polar surface area (TPSA) is 0 Å². The SMILES string of the molecule is CC(C)(C)c1cc[c-]cc1.CC(C)(C)c1cc[c-]cc1.CC1[C-]=CC(C(C)(C)C)=C1.Cl.Cl.[CH2]=[Zr].[c-]1cccc2c1Cc1ccccc1-2. The smallest absolute Gasteiger partial charge is 0.0253 e. The first-order valence-corrected chi connectivity index (χ1v) is 17.6. The number of hydrogen-bond donors (Lipinski definition) is 0. The molecule has 252 valence electrons. The summed E-state index contributed by atoms with van der Waals surface area (Å²) in [4.78, 5) is 0. The molecule has 0 amide bonds. The Bertz CT molecular complexity index is 1410. The van der Waals surface area contributed by atoms with Crippen LogP contribution >= 0.6 is 24.8 Å². The monoisotopic (exact) mass is 742 g/mol. The molecule has 0 N–H and O–H groups in total. The number of benzene rings is 4. The van der Waals surface area contributed by atoms with E-state index in [-0.39, 0.29) is 35.6 Å². The van der Waals surface area contributed by atoms with Gasteiger partial charge in [0.25, 0.3) is 0 Å². The maximum absolute atomic E-state index is 3.34. The molecule has 3 heteroatoms. The Hall–Kier alpha value is -2.31. The van der Waals surface area contributed by atoms with Crippen molar-refractivity contribution in [1.29, 1.82) is 0 Å². The van der Waals surface area contributed by atoms with Crippen LogP contribution in [0.4, 0.5) is 0 Å². The third kappa shape index (κ3) is 15.2. The van der Waals surface area contributed by atoms with Crippen LogP contribution in [-0.2, 0) is 41.5 Å². The predicted molar refractivity (Wildman–Crippen MR) is 208 cm³/mol. The molecule has 1 atom stereocenters. The Morgan fingerprint density at radius 2 is 1.09 bits per heavy atom. The van der Waals surface area contributed by atoms with Gasteiger partial charge in [0.15, 0.2) is 0 Å². The molecule has 47 heavy (non-hydrogen) atoms. The number of halogens is 2. The molecule has 0 nitrogen and oxygen atoms in total. The summed E-state index contributed by atoms with van der Waals surface area (Å²) in [5.74, 6) is 0.522. The third-order valence-corrected chi connectivity index (χ3v) is 7.58. The second kappa shape index (κ2) is 20.9. The summed E-state index contributed by atoms with van der Waals surface area (Å²) >= 11 is 1.30. The molecule has 4 aromatic carbocycles. The second-order valence-electron chi connectivity index (χ2n) is 14.4. The van der Waals surface area contributed by atoms with Crippen LogP contribution in [0.15, 0.2) is 109 Å². The van der Waals surface area contributed by atoms with Crippen LogP contribution in [0, 0.1) is 35.6 Å². The molecule has 2 aliphatic carbocycles. The van der Waals surface area contributed by atoms with Crippen molar-refractivity contribution in [2.24, 2.45) is 11.3 Å². The van der Waals surface area contributed by atoms with Gasteiger partial charge in [0.2, 0.25) is 0 Å². The number of rotatable bonds is 0. The van der Waals surface area contributed by atoms with Crippen LogP contribution in [-0.4, -0.2) is 4.21 Å². The molecule has 0 bridgehead atoms. The van der Waals surface area contributed by atoms with Gasteiger partial charge in [-0.1, -0.05) is 116 Å². The Balaban J connectivity index is 0.000000586.